The maximum Gasteiger partial charge on any atom is 0.243 e. The minimum absolute atomic E-state index is 0.217. The summed E-state index contributed by atoms with van der Waals surface area (Å²) in [7, 11) is -3.44. The standard InChI is InChI=1S/C14H21ClN2O2S/c1-14(2)5-7-17(8-6-14)20(18,19)12-3-4-13(15)11(9-12)10-16/h3-4,9H,5-8,10,16H2,1-2H3. The molecule has 0 amide bonds. The van der Waals surface area contributed by atoms with Gasteiger partial charge in [0.2, 0.25) is 10.0 Å². The third-order valence-corrected chi connectivity index (χ3v) is 6.21. The Hall–Kier alpha value is -0.620. The first-order valence-corrected chi connectivity index (χ1v) is 8.57. The van der Waals surface area contributed by atoms with Crippen molar-refractivity contribution >= 4 is 21.6 Å². The van der Waals surface area contributed by atoms with E-state index in [2.05, 4.69) is 13.8 Å². The van der Waals surface area contributed by atoms with Crippen LogP contribution in [0.25, 0.3) is 0 Å². The summed E-state index contributed by atoms with van der Waals surface area (Å²) in [6.07, 6.45) is 1.76. The Kier molecular flexibility index (Phi) is 4.44. The fraction of sp³-hybridized carbons (Fsp3) is 0.571. The number of nitrogens with zero attached hydrogens (tertiary/aromatic N) is 1. The van der Waals surface area contributed by atoms with Crippen LogP contribution in [-0.2, 0) is 16.6 Å². The molecular formula is C14H21ClN2O2S. The highest BCUT2D eigenvalue weighted by Crippen LogP contribution is 2.32. The molecule has 6 heteroatoms. The van der Waals surface area contributed by atoms with Crippen LogP contribution in [0.1, 0.15) is 32.3 Å². The van der Waals surface area contributed by atoms with Gasteiger partial charge in [0.25, 0.3) is 0 Å². The van der Waals surface area contributed by atoms with Gasteiger partial charge in [0.05, 0.1) is 4.90 Å². The number of rotatable bonds is 3. The molecule has 1 saturated heterocycles. The lowest BCUT2D eigenvalue weighted by atomic mass is 9.83. The molecule has 1 aromatic carbocycles. The largest absolute Gasteiger partial charge is 0.326 e. The second kappa shape index (κ2) is 5.64. The number of nitrogens with two attached hydrogens (primary N) is 1. The number of hydrogen-bond acceptors (Lipinski definition) is 3. The first kappa shape index (κ1) is 15.8. The molecule has 0 radical (unpaired) electrons. The summed E-state index contributed by atoms with van der Waals surface area (Å²) in [6, 6.07) is 4.73. The van der Waals surface area contributed by atoms with Gasteiger partial charge < -0.3 is 5.73 Å². The molecule has 20 heavy (non-hydrogen) atoms. The van der Waals surface area contributed by atoms with E-state index in [9.17, 15) is 8.42 Å². The van der Waals surface area contributed by atoms with Crippen LogP contribution < -0.4 is 5.73 Å². The van der Waals surface area contributed by atoms with E-state index >= 15 is 0 Å². The quantitative estimate of drug-likeness (QED) is 0.932. The number of sulfonamides is 1. The molecule has 0 atom stereocenters. The van der Waals surface area contributed by atoms with Gasteiger partial charge in [0.1, 0.15) is 0 Å². The summed E-state index contributed by atoms with van der Waals surface area (Å²) in [5.74, 6) is 0. The molecule has 0 spiro atoms. The van der Waals surface area contributed by atoms with E-state index in [1.807, 2.05) is 0 Å². The average Bonchev–Trinajstić information content (AvgIpc) is 2.38. The van der Waals surface area contributed by atoms with Crippen LogP contribution in [0.5, 0.6) is 0 Å². The van der Waals surface area contributed by atoms with Crippen molar-refractivity contribution in [1.82, 2.24) is 4.31 Å². The van der Waals surface area contributed by atoms with Crippen LogP contribution in [0.15, 0.2) is 23.1 Å². The zero-order valence-electron chi connectivity index (χ0n) is 11.9. The van der Waals surface area contributed by atoms with Crippen molar-refractivity contribution in [1.29, 1.82) is 0 Å². The third-order valence-electron chi connectivity index (χ3n) is 3.95. The summed E-state index contributed by atoms with van der Waals surface area (Å²) < 4.78 is 26.8. The van der Waals surface area contributed by atoms with Crippen molar-refractivity contribution in [2.24, 2.45) is 11.1 Å². The van der Waals surface area contributed by atoms with Crippen LogP contribution in [-0.4, -0.2) is 25.8 Å². The zero-order valence-corrected chi connectivity index (χ0v) is 13.5. The van der Waals surface area contributed by atoms with Crippen LogP contribution in [0.2, 0.25) is 5.02 Å². The van der Waals surface area contributed by atoms with Crippen LogP contribution in [0.4, 0.5) is 0 Å². The molecule has 2 N–H and O–H groups in total. The van der Waals surface area contributed by atoms with Gasteiger partial charge in [-0.25, -0.2) is 8.42 Å². The summed E-state index contributed by atoms with van der Waals surface area (Å²) >= 11 is 5.98. The van der Waals surface area contributed by atoms with E-state index in [4.69, 9.17) is 17.3 Å². The van der Waals surface area contributed by atoms with Crippen molar-refractivity contribution in [3.63, 3.8) is 0 Å². The lowest BCUT2D eigenvalue weighted by molar-refractivity contribution is 0.196. The highest BCUT2D eigenvalue weighted by Gasteiger charge is 2.32. The SMILES string of the molecule is CC1(C)CCN(S(=O)(=O)c2ccc(Cl)c(CN)c2)CC1. The fourth-order valence-corrected chi connectivity index (χ4v) is 4.04. The predicted molar refractivity (Wildman–Crippen MR) is 81.1 cm³/mol. The normalized spacial score (nSPS) is 20.0. The lowest BCUT2D eigenvalue weighted by Crippen LogP contribution is -2.41. The number of hydrogen-bond donors (Lipinski definition) is 1. The van der Waals surface area contributed by atoms with Crippen molar-refractivity contribution in [3.05, 3.63) is 28.8 Å². The fourth-order valence-electron chi connectivity index (χ4n) is 2.35. The minimum atomic E-state index is -3.44. The summed E-state index contributed by atoms with van der Waals surface area (Å²) in [5, 5.41) is 0.506. The van der Waals surface area contributed by atoms with Gasteiger partial charge in [-0.3, -0.25) is 0 Å². The second-order valence-electron chi connectivity index (χ2n) is 6.03. The van der Waals surface area contributed by atoms with Crippen LogP contribution in [0.3, 0.4) is 0 Å². The lowest BCUT2D eigenvalue weighted by Gasteiger charge is -2.36. The molecule has 0 aliphatic carbocycles. The Morgan fingerprint density at radius 2 is 1.90 bits per heavy atom. The first-order valence-electron chi connectivity index (χ1n) is 6.75. The van der Waals surface area contributed by atoms with Crippen molar-refractivity contribution in [2.45, 2.75) is 38.1 Å². The van der Waals surface area contributed by atoms with E-state index in [1.54, 1.807) is 22.5 Å². The van der Waals surface area contributed by atoms with Gasteiger partial charge in [0, 0.05) is 24.7 Å². The molecule has 4 nitrogen and oxygen atoms in total. The van der Waals surface area contributed by atoms with Gasteiger partial charge in [-0.05, 0) is 42.0 Å². The van der Waals surface area contributed by atoms with Crippen LogP contribution in [0, 0.1) is 5.41 Å². The molecule has 112 valence electrons. The number of piperidine rings is 1. The number of halogens is 1. The monoisotopic (exact) mass is 316 g/mol. The third kappa shape index (κ3) is 3.17. The molecule has 1 heterocycles. The smallest absolute Gasteiger partial charge is 0.243 e. The second-order valence-corrected chi connectivity index (χ2v) is 8.37. The van der Waals surface area contributed by atoms with Gasteiger partial charge in [-0.15, -0.1) is 0 Å². The number of benzene rings is 1. The molecule has 0 unspecified atom stereocenters. The van der Waals surface area contributed by atoms with Crippen molar-refractivity contribution < 1.29 is 8.42 Å². The van der Waals surface area contributed by atoms with Crippen molar-refractivity contribution in [3.8, 4) is 0 Å². The topological polar surface area (TPSA) is 63.4 Å². The first-order chi connectivity index (χ1) is 9.26. The van der Waals surface area contributed by atoms with Gasteiger partial charge in [-0.2, -0.15) is 4.31 Å². The minimum Gasteiger partial charge on any atom is -0.326 e. The average molecular weight is 317 g/mol. The Balaban J connectivity index is 2.27. The molecule has 2 rings (SSSR count). The molecule has 1 aromatic rings. The van der Waals surface area contributed by atoms with Crippen LogP contribution >= 0.6 is 11.6 Å². The molecule has 0 aromatic heterocycles. The maximum absolute atomic E-state index is 12.6. The molecule has 0 bridgehead atoms. The zero-order chi connectivity index (χ0) is 15.0. The van der Waals surface area contributed by atoms with Gasteiger partial charge in [0.15, 0.2) is 0 Å². The van der Waals surface area contributed by atoms with Gasteiger partial charge >= 0.3 is 0 Å². The van der Waals surface area contributed by atoms with E-state index in [-0.39, 0.29) is 16.9 Å². The van der Waals surface area contributed by atoms with E-state index in [1.165, 1.54) is 0 Å². The summed E-state index contributed by atoms with van der Waals surface area (Å²) in [5.41, 5.74) is 6.46. The van der Waals surface area contributed by atoms with E-state index in [0.717, 1.165) is 12.8 Å². The van der Waals surface area contributed by atoms with E-state index in [0.29, 0.717) is 23.7 Å². The molecule has 1 aliphatic heterocycles. The Morgan fingerprint density at radius 3 is 2.45 bits per heavy atom. The van der Waals surface area contributed by atoms with Crippen molar-refractivity contribution in [2.75, 3.05) is 13.1 Å². The molecule has 1 aliphatic rings. The highest BCUT2D eigenvalue weighted by atomic mass is 35.5. The maximum atomic E-state index is 12.6. The van der Waals surface area contributed by atoms with Gasteiger partial charge in [-0.1, -0.05) is 25.4 Å². The summed E-state index contributed by atoms with van der Waals surface area (Å²) in [6.45, 7) is 5.71. The molecular weight excluding hydrogens is 296 g/mol. The van der Waals surface area contributed by atoms with E-state index < -0.39 is 10.0 Å². The predicted octanol–water partition coefficient (Wildman–Crippen LogP) is 2.61. The highest BCUT2D eigenvalue weighted by molar-refractivity contribution is 7.89. The molecule has 0 saturated carbocycles. The Morgan fingerprint density at radius 1 is 1.30 bits per heavy atom. The summed E-state index contributed by atoms with van der Waals surface area (Å²) in [4.78, 5) is 0.280. The Bertz CT molecular complexity index is 589. The molecule has 1 fully saturated rings. The Labute approximate surface area is 126 Å².